The highest BCUT2D eigenvalue weighted by Gasteiger charge is 2.43. The molecule has 2 N–H and O–H groups in total. The number of benzene rings is 1. The number of aliphatic imine (C=N–C) groups is 1. The van der Waals surface area contributed by atoms with Gasteiger partial charge in [0.25, 0.3) is 0 Å². The number of rotatable bonds is 9. The van der Waals surface area contributed by atoms with Crippen molar-refractivity contribution < 1.29 is 13.6 Å². The summed E-state index contributed by atoms with van der Waals surface area (Å²) in [5.74, 6) is -1.85. The quantitative estimate of drug-likeness (QED) is 0.323. The number of nitrogens with zero attached hydrogens (tertiary/aromatic N) is 5. The molecule has 2 aromatic rings. The maximum atomic E-state index is 13.8. The van der Waals surface area contributed by atoms with E-state index in [1.54, 1.807) is 19.3 Å². The first kappa shape index (κ1) is 25.5. The van der Waals surface area contributed by atoms with Crippen molar-refractivity contribution in [1.29, 1.82) is 0 Å². The number of halogens is 2. The lowest BCUT2D eigenvalue weighted by atomic mass is 9.86. The van der Waals surface area contributed by atoms with Gasteiger partial charge in [-0.05, 0) is 68.9 Å². The number of pyridine rings is 1. The number of aromatic nitrogens is 1. The summed E-state index contributed by atoms with van der Waals surface area (Å²) in [5.41, 5.74) is 9.43. The molecule has 1 aromatic heterocycles. The maximum absolute atomic E-state index is 13.8. The first-order valence-corrected chi connectivity index (χ1v) is 12.1. The Balaban J connectivity index is 1.41. The summed E-state index contributed by atoms with van der Waals surface area (Å²) < 4.78 is 27.2. The van der Waals surface area contributed by atoms with E-state index >= 15 is 0 Å². The zero-order chi connectivity index (χ0) is 25.5. The fourth-order valence-corrected chi connectivity index (χ4v) is 4.98. The van der Waals surface area contributed by atoms with Crippen molar-refractivity contribution in [2.45, 2.75) is 26.3 Å². The van der Waals surface area contributed by atoms with E-state index in [0.29, 0.717) is 23.6 Å². The fraction of sp³-hybridized carbons (Fsp3) is 0.370. The van der Waals surface area contributed by atoms with Gasteiger partial charge in [0.1, 0.15) is 12.3 Å². The molecule has 1 aromatic carbocycles. The molecule has 2 fully saturated rings. The summed E-state index contributed by atoms with van der Waals surface area (Å²) in [6.07, 6.45) is 9.26. The summed E-state index contributed by atoms with van der Waals surface area (Å²) in [7, 11) is 0. The second-order valence-electron chi connectivity index (χ2n) is 9.26. The van der Waals surface area contributed by atoms with E-state index in [0.717, 1.165) is 69.0 Å². The third-order valence-corrected chi connectivity index (χ3v) is 6.79. The summed E-state index contributed by atoms with van der Waals surface area (Å²) in [4.78, 5) is 18.3. The SMILES string of the molecule is C=N/C=C\C(=C/N)N1CCC2(CCN(Cc3ccc(/C(=N/OCC)c4ccc(F)c(F)c4)nc3)C2)C1. The van der Waals surface area contributed by atoms with Crippen LogP contribution in [0.5, 0.6) is 0 Å². The van der Waals surface area contributed by atoms with E-state index in [9.17, 15) is 8.78 Å². The zero-order valence-corrected chi connectivity index (χ0v) is 20.5. The molecule has 2 aliphatic rings. The average molecular weight is 495 g/mol. The third-order valence-electron chi connectivity index (χ3n) is 6.79. The number of likely N-dealkylation sites (tertiary alicyclic amines) is 2. The average Bonchev–Trinajstić information content (AvgIpc) is 3.48. The van der Waals surface area contributed by atoms with Crippen molar-refractivity contribution in [3.8, 4) is 0 Å². The third kappa shape index (κ3) is 5.79. The van der Waals surface area contributed by atoms with Crippen LogP contribution < -0.4 is 5.73 Å². The fourth-order valence-electron chi connectivity index (χ4n) is 4.98. The van der Waals surface area contributed by atoms with Gasteiger partial charge in [-0.15, -0.1) is 0 Å². The van der Waals surface area contributed by atoms with Crippen molar-refractivity contribution in [3.05, 3.63) is 89.2 Å². The lowest BCUT2D eigenvalue weighted by molar-refractivity contribution is 0.159. The van der Waals surface area contributed by atoms with E-state index < -0.39 is 11.6 Å². The summed E-state index contributed by atoms with van der Waals surface area (Å²) >= 11 is 0. The van der Waals surface area contributed by atoms with Crippen molar-refractivity contribution in [3.63, 3.8) is 0 Å². The van der Waals surface area contributed by atoms with E-state index in [2.05, 4.69) is 31.6 Å². The monoisotopic (exact) mass is 494 g/mol. The Bertz CT molecular complexity index is 1160. The number of nitrogens with two attached hydrogens (primary N) is 1. The lowest BCUT2D eigenvalue weighted by Crippen LogP contribution is -2.30. The van der Waals surface area contributed by atoms with Crippen LogP contribution in [-0.4, -0.2) is 60.0 Å². The van der Waals surface area contributed by atoms with Crippen LogP contribution in [0, 0.1) is 17.0 Å². The minimum absolute atomic E-state index is 0.251. The van der Waals surface area contributed by atoms with Crippen molar-refractivity contribution >= 4 is 12.4 Å². The highest BCUT2D eigenvalue weighted by atomic mass is 19.2. The van der Waals surface area contributed by atoms with Crippen LogP contribution in [0.25, 0.3) is 0 Å². The molecule has 36 heavy (non-hydrogen) atoms. The van der Waals surface area contributed by atoms with Crippen molar-refractivity contribution in [2.24, 2.45) is 21.3 Å². The molecule has 9 heteroatoms. The molecule has 1 spiro atoms. The Kier molecular flexibility index (Phi) is 8.10. The molecule has 1 atom stereocenters. The number of allylic oxidation sites excluding steroid dienone is 1. The van der Waals surface area contributed by atoms with Gasteiger partial charge in [-0.3, -0.25) is 14.9 Å². The molecule has 190 valence electrons. The van der Waals surface area contributed by atoms with Gasteiger partial charge in [-0.1, -0.05) is 11.2 Å². The molecule has 0 aliphatic carbocycles. The van der Waals surface area contributed by atoms with Gasteiger partial charge in [0, 0.05) is 55.8 Å². The maximum Gasteiger partial charge on any atom is 0.159 e. The second-order valence-corrected chi connectivity index (χ2v) is 9.26. The highest BCUT2D eigenvalue weighted by Crippen LogP contribution is 2.41. The Morgan fingerprint density at radius 1 is 1.19 bits per heavy atom. The van der Waals surface area contributed by atoms with Gasteiger partial charge in [0.05, 0.1) is 11.4 Å². The molecule has 1 unspecified atom stereocenters. The van der Waals surface area contributed by atoms with Crippen LogP contribution in [0.15, 0.2) is 70.8 Å². The first-order chi connectivity index (χ1) is 17.5. The molecule has 3 heterocycles. The molecule has 2 saturated heterocycles. The Hall–Kier alpha value is -3.59. The van der Waals surface area contributed by atoms with Crippen LogP contribution in [0.4, 0.5) is 8.78 Å². The van der Waals surface area contributed by atoms with E-state index in [4.69, 9.17) is 10.6 Å². The van der Waals surface area contributed by atoms with E-state index in [1.807, 2.05) is 24.4 Å². The summed E-state index contributed by atoms with van der Waals surface area (Å²) in [6, 6.07) is 7.49. The Morgan fingerprint density at radius 3 is 2.72 bits per heavy atom. The van der Waals surface area contributed by atoms with E-state index in [1.165, 1.54) is 6.07 Å². The van der Waals surface area contributed by atoms with Gasteiger partial charge in [-0.2, -0.15) is 0 Å². The van der Waals surface area contributed by atoms with Crippen LogP contribution >= 0.6 is 0 Å². The predicted molar refractivity (Wildman–Crippen MR) is 137 cm³/mol. The smallest absolute Gasteiger partial charge is 0.159 e. The zero-order valence-electron chi connectivity index (χ0n) is 20.5. The van der Waals surface area contributed by atoms with Gasteiger partial charge in [-0.25, -0.2) is 8.78 Å². The van der Waals surface area contributed by atoms with Crippen molar-refractivity contribution in [2.75, 3.05) is 32.8 Å². The number of hydrogen-bond acceptors (Lipinski definition) is 7. The minimum Gasteiger partial charge on any atom is -0.403 e. The van der Waals surface area contributed by atoms with Crippen LogP contribution in [0.2, 0.25) is 0 Å². The Morgan fingerprint density at radius 2 is 2.03 bits per heavy atom. The molecule has 0 saturated carbocycles. The second kappa shape index (κ2) is 11.4. The standard InChI is InChI=1S/C27H32F2N6O/c1-3-36-33-26(21-5-6-23(28)24(29)14-21)25-7-4-20(16-32-25)17-34-12-9-27(18-34)10-13-35(19-27)22(15-30)8-11-31-2/h4-8,11,14-16H,2-3,9-10,12-13,17-19,30H2,1H3/b11-8-,22-15+,33-26+. The first-order valence-electron chi connectivity index (χ1n) is 12.1. The molecule has 4 rings (SSSR count). The summed E-state index contributed by atoms with van der Waals surface area (Å²) in [6.45, 7) is 10.4. The largest absolute Gasteiger partial charge is 0.403 e. The van der Waals surface area contributed by atoms with E-state index in [-0.39, 0.29) is 5.41 Å². The number of oxime groups is 1. The van der Waals surface area contributed by atoms with Crippen LogP contribution in [0.3, 0.4) is 0 Å². The van der Waals surface area contributed by atoms with Crippen LogP contribution in [-0.2, 0) is 11.4 Å². The molecule has 0 bridgehead atoms. The van der Waals surface area contributed by atoms with Gasteiger partial charge < -0.3 is 15.5 Å². The molecule has 7 nitrogen and oxygen atoms in total. The lowest BCUT2D eigenvalue weighted by Gasteiger charge is -2.26. The Labute approximate surface area is 210 Å². The molecule has 2 aliphatic heterocycles. The topological polar surface area (TPSA) is 79.3 Å². The molecular weight excluding hydrogens is 462 g/mol. The minimum atomic E-state index is -0.941. The molecule has 0 radical (unpaired) electrons. The van der Waals surface area contributed by atoms with Gasteiger partial charge in [0.2, 0.25) is 0 Å². The predicted octanol–water partition coefficient (Wildman–Crippen LogP) is 4.06. The number of hydrogen-bond donors (Lipinski definition) is 1. The molecular formula is C27H32F2N6O. The van der Waals surface area contributed by atoms with Crippen LogP contribution in [0.1, 0.15) is 36.6 Å². The highest BCUT2D eigenvalue weighted by molar-refractivity contribution is 6.11. The normalized spacial score (nSPS) is 21.1. The summed E-state index contributed by atoms with van der Waals surface area (Å²) in [5, 5.41) is 4.10. The molecule has 0 amide bonds. The van der Waals surface area contributed by atoms with Gasteiger partial charge >= 0.3 is 0 Å². The van der Waals surface area contributed by atoms with Crippen molar-refractivity contribution in [1.82, 2.24) is 14.8 Å². The van der Waals surface area contributed by atoms with Gasteiger partial charge in [0.15, 0.2) is 11.6 Å².